The average molecular weight is 419 g/mol. The summed E-state index contributed by atoms with van der Waals surface area (Å²) in [5.41, 5.74) is 8.56. The summed E-state index contributed by atoms with van der Waals surface area (Å²) in [6, 6.07) is 8.01. The number of hydrogen-bond donors (Lipinski definition) is 1. The molecule has 2 aromatic rings. The van der Waals surface area contributed by atoms with Crippen molar-refractivity contribution in [3.63, 3.8) is 0 Å². The van der Waals surface area contributed by atoms with Gasteiger partial charge in [0.25, 0.3) is 0 Å². The van der Waals surface area contributed by atoms with Gasteiger partial charge in [-0.25, -0.2) is 4.98 Å². The van der Waals surface area contributed by atoms with Crippen molar-refractivity contribution in [2.45, 2.75) is 19.3 Å². The minimum absolute atomic E-state index is 0.644. The molecule has 0 radical (unpaired) electrons. The summed E-state index contributed by atoms with van der Waals surface area (Å²) in [5, 5.41) is 4.08. The number of rotatable bonds is 5. The second kappa shape index (κ2) is 9.01. The number of nitrogens with two attached hydrogens (primary N) is 1. The van der Waals surface area contributed by atoms with Crippen molar-refractivity contribution in [1.82, 2.24) is 9.88 Å². The van der Waals surface area contributed by atoms with Gasteiger partial charge < -0.3 is 20.4 Å². The molecule has 150 valence electrons. The molecule has 0 unspecified atom stereocenters. The third kappa shape index (κ3) is 4.70. The van der Waals surface area contributed by atoms with Gasteiger partial charge in [0, 0.05) is 68.3 Å². The highest BCUT2D eigenvalue weighted by molar-refractivity contribution is 7.13. The van der Waals surface area contributed by atoms with Crippen LogP contribution in [-0.2, 0) is 6.42 Å². The summed E-state index contributed by atoms with van der Waals surface area (Å²) in [4.78, 5) is 16.3. The lowest BCUT2D eigenvalue weighted by Gasteiger charge is -2.36. The Kier molecular flexibility index (Phi) is 6.22. The molecule has 2 aliphatic rings. The van der Waals surface area contributed by atoms with E-state index in [0.29, 0.717) is 12.5 Å². The number of aromatic nitrogens is 1. The van der Waals surface area contributed by atoms with E-state index < -0.39 is 0 Å². The van der Waals surface area contributed by atoms with E-state index in [1.807, 2.05) is 12.1 Å². The van der Waals surface area contributed by atoms with Crippen molar-refractivity contribution in [2.24, 2.45) is 10.7 Å². The Bertz CT molecular complexity index is 791. The molecule has 6 nitrogen and oxygen atoms in total. The molecule has 28 heavy (non-hydrogen) atoms. The Morgan fingerprint density at radius 3 is 2.46 bits per heavy atom. The molecule has 0 bridgehead atoms. The predicted molar refractivity (Wildman–Crippen MR) is 119 cm³/mol. The van der Waals surface area contributed by atoms with E-state index in [2.05, 4.69) is 37.2 Å². The van der Waals surface area contributed by atoms with E-state index in [9.17, 15) is 0 Å². The molecule has 0 spiro atoms. The average Bonchev–Trinajstić information content (AvgIpc) is 3.40. The fourth-order valence-corrected chi connectivity index (χ4v) is 4.74. The van der Waals surface area contributed by atoms with E-state index in [1.54, 1.807) is 11.3 Å². The first-order valence-electron chi connectivity index (χ1n) is 9.94. The number of aliphatic imine (C=N–C) groups is 1. The van der Waals surface area contributed by atoms with Crippen LogP contribution >= 0.6 is 22.9 Å². The molecule has 2 saturated heterocycles. The van der Waals surface area contributed by atoms with Crippen molar-refractivity contribution < 1.29 is 0 Å². The van der Waals surface area contributed by atoms with E-state index in [1.165, 1.54) is 18.5 Å². The Hall–Kier alpha value is -1.99. The zero-order valence-electron chi connectivity index (χ0n) is 16.1. The van der Waals surface area contributed by atoms with Crippen LogP contribution in [0.15, 0.2) is 34.6 Å². The third-order valence-electron chi connectivity index (χ3n) is 5.35. The number of hydrogen-bond acceptors (Lipinski definition) is 5. The van der Waals surface area contributed by atoms with Crippen molar-refractivity contribution in [2.75, 3.05) is 55.6 Å². The van der Waals surface area contributed by atoms with Gasteiger partial charge >= 0.3 is 0 Å². The van der Waals surface area contributed by atoms with Gasteiger partial charge in [-0.05, 0) is 37.1 Å². The first kappa shape index (κ1) is 19.3. The zero-order valence-corrected chi connectivity index (χ0v) is 17.6. The summed E-state index contributed by atoms with van der Waals surface area (Å²) in [6.45, 7) is 6.60. The van der Waals surface area contributed by atoms with Crippen LogP contribution < -0.4 is 15.5 Å². The van der Waals surface area contributed by atoms with E-state index in [-0.39, 0.29) is 0 Å². The highest BCUT2D eigenvalue weighted by Crippen LogP contribution is 2.24. The Balaban J connectivity index is 1.24. The third-order valence-corrected chi connectivity index (χ3v) is 6.56. The second-order valence-corrected chi connectivity index (χ2v) is 8.53. The minimum atomic E-state index is 0.644. The number of halogens is 1. The smallest absolute Gasteiger partial charge is 0.191 e. The molecule has 4 rings (SSSR count). The molecule has 8 heteroatoms. The molecule has 2 aliphatic heterocycles. The first-order valence-corrected chi connectivity index (χ1v) is 11.2. The number of piperazine rings is 1. The zero-order chi connectivity index (χ0) is 19.3. The Labute approximate surface area is 175 Å². The lowest BCUT2D eigenvalue weighted by Crippen LogP contribution is -2.51. The monoisotopic (exact) mass is 418 g/mol. The fraction of sp³-hybridized carbons (Fsp3) is 0.500. The lowest BCUT2D eigenvalue weighted by atomic mass is 10.2. The van der Waals surface area contributed by atoms with Crippen molar-refractivity contribution >= 4 is 39.7 Å². The number of benzene rings is 1. The van der Waals surface area contributed by atoms with Crippen LogP contribution in [0.2, 0.25) is 5.02 Å². The van der Waals surface area contributed by atoms with E-state index in [0.717, 1.165) is 61.5 Å². The minimum Gasteiger partial charge on any atom is -0.370 e. The molecular weight excluding hydrogens is 392 g/mol. The van der Waals surface area contributed by atoms with Gasteiger partial charge in [0.15, 0.2) is 11.1 Å². The van der Waals surface area contributed by atoms with Crippen LogP contribution in [0.1, 0.15) is 18.5 Å². The summed E-state index contributed by atoms with van der Waals surface area (Å²) in [5.74, 6) is 0.644. The maximum Gasteiger partial charge on any atom is 0.191 e. The van der Waals surface area contributed by atoms with Crippen molar-refractivity contribution in [3.05, 3.63) is 40.4 Å². The first-order chi connectivity index (χ1) is 13.7. The lowest BCUT2D eigenvalue weighted by molar-refractivity contribution is 0.381. The van der Waals surface area contributed by atoms with Gasteiger partial charge in [-0.2, -0.15) is 0 Å². The molecule has 3 heterocycles. The largest absolute Gasteiger partial charge is 0.370 e. The number of guanidine groups is 1. The summed E-state index contributed by atoms with van der Waals surface area (Å²) in [6.07, 6.45) is 3.40. The highest BCUT2D eigenvalue weighted by Gasteiger charge is 2.19. The van der Waals surface area contributed by atoms with E-state index in [4.69, 9.17) is 22.3 Å². The standard InChI is InChI=1S/C20H27ClN6S/c21-16-3-5-18(6-4-16)25-11-13-26(14-12-25)19(22)23-8-7-17-15-28-20(24-17)27-9-1-2-10-27/h3-6,15H,1-2,7-14H2,(H2,22,23). The Morgan fingerprint density at radius 2 is 1.75 bits per heavy atom. The van der Waals surface area contributed by atoms with Crippen molar-refractivity contribution in [1.29, 1.82) is 0 Å². The van der Waals surface area contributed by atoms with E-state index >= 15 is 0 Å². The highest BCUT2D eigenvalue weighted by atomic mass is 35.5. The molecular formula is C20H27ClN6S. The van der Waals surface area contributed by atoms with Gasteiger partial charge in [0.05, 0.1) is 5.69 Å². The molecule has 0 amide bonds. The number of thiazole rings is 1. The number of anilines is 2. The molecule has 0 saturated carbocycles. The van der Waals surface area contributed by atoms with Gasteiger partial charge in [-0.3, -0.25) is 4.99 Å². The summed E-state index contributed by atoms with van der Waals surface area (Å²) < 4.78 is 0. The summed E-state index contributed by atoms with van der Waals surface area (Å²) >= 11 is 7.72. The maximum atomic E-state index is 6.24. The van der Waals surface area contributed by atoms with Gasteiger partial charge in [-0.1, -0.05) is 11.6 Å². The second-order valence-electron chi connectivity index (χ2n) is 7.26. The molecule has 0 aliphatic carbocycles. The quantitative estimate of drug-likeness (QED) is 0.597. The van der Waals surface area contributed by atoms with Gasteiger partial charge in [0.1, 0.15) is 0 Å². The van der Waals surface area contributed by atoms with Crippen molar-refractivity contribution in [3.8, 4) is 0 Å². The number of nitrogens with zero attached hydrogens (tertiary/aromatic N) is 5. The molecule has 1 aromatic heterocycles. The van der Waals surface area contributed by atoms with Gasteiger partial charge in [-0.15, -0.1) is 11.3 Å². The van der Waals surface area contributed by atoms with Crippen LogP contribution in [0, 0.1) is 0 Å². The van der Waals surface area contributed by atoms with Crippen LogP contribution in [0.5, 0.6) is 0 Å². The summed E-state index contributed by atoms with van der Waals surface area (Å²) in [7, 11) is 0. The van der Waals surface area contributed by atoms with Crippen LogP contribution in [0.4, 0.5) is 10.8 Å². The van der Waals surface area contributed by atoms with Crippen LogP contribution in [0.25, 0.3) is 0 Å². The molecule has 2 N–H and O–H groups in total. The molecule has 0 atom stereocenters. The Morgan fingerprint density at radius 1 is 1.04 bits per heavy atom. The normalized spacial score (nSPS) is 18.2. The molecule has 1 aromatic carbocycles. The van der Waals surface area contributed by atoms with Gasteiger partial charge in [0.2, 0.25) is 0 Å². The SMILES string of the molecule is NC(=NCCc1csc(N2CCCC2)n1)N1CCN(c2ccc(Cl)cc2)CC1. The van der Waals surface area contributed by atoms with Crippen LogP contribution in [0.3, 0.4) is 0 Å². The maximum absolute atomic E-state index is 6.24. The fourth-order valence-electron chi connectivity index (χ4n) is 3.70. The van der Waals surface area contributed by atoms with Crippen LogP contribution in [-0.4, -0.2) is 61.7 Å². The molecule has 2 fully saturated rings. The topological polar surface area (TPSA) is 61.0 Å². The predicted octanol–water partition coefficient (Wildman–Crippen LogP) is 3.08.